The maximum absolute atomic E-state index is 13.6. The van der Waals surface area contributed by atoms with E-state index in [0.717, 1.165) is 38.5 Å². The number of nitrogen functional groups attached to an aromatic ring is 1. The normalized spacial score (nSPS) is 13.8. The van der Waals surface area contributed by atoms with E-state index in [9.17, 15) is 14.4 Å². The van der Waals surface area contributed by atoms with E-state index in [1.807, 2.05) is 37.3 Å². The number of carbonyl (C=O) groups is 1. The zero-order chi connectivity index (χ0) is 24.1. The summed E-state index contributed by atoms with van der Waals surface area (Å²) in [6, 6.07) is 12.3. The van der Waals surface area contributed by atoms with Crippen LogP contribution in [0.4, 0.5) is 11.5 Å². The topological polar surface area (TPSA) is 124 Å². The number of rotatable bonds is 9. The second-order valence-corrected chi connectivity index (χ2v) is 8.48. The van der Waals surface area contributed by atoms with Gasteiger partial charge in [0.15, 0.2) is 11.4 Å². The number of hydrogen-bond acceptors (Lipinski definition) is 6. The van der Waals surface area contributed by atoms with Crippen LogP contribution in [0.5, 0.6) is 5.75 Å². The molecule has 1 aliphatic rings. The smallest absolute Gasteiger partial charge is 0.330 e. The summed E-state index contributed by atoms with van der Waals surface area (Å²) in [7, 11) is 0. The standard InChI is InChI=1S/C25H30N4O5/c1-2-3-15-28-22(26)21(23(30)27-25(28)32)29(17-9-7-8-10-17)24(31)20-14-13-19(34-20)16-33-18-11-5-4-6-12-18/h4-6,11-14,17H,2-3,7-10,15-16,26H2,1H3,(H,27,30,32). The molecular formula is C25H30N4O5. The monoisotopic (exact) mass is 466 g/mol. The Kier molecular flexibility index (Phi) is 7.20. The summed E-state index contributed by atoms with van der Waals surface area (Å²) in [5.74, 6) is 0.794. The Bertz CT molecular complexity index is 1240. The predicted octanol–water partition coefficient (Wildman–Crippen LogP) is 3.68. The Balaban J connectivity index is 1.65. The van der Waals surface area contributed by atoms with Crippen LogP contribution in [-0.4, -0.2) is 21.5 Å². The number of aromatic amines is 1. The summed E-state index contributed by atoms with van der Waals surface area (Å²) < 4.78 is 12.8. The van der Waals surface area contributed by atoms with Crippen LogP contribution in [-0.2, 0) is 13.2 Å². The second kappa shape index (κ2) is 10.5. The van der Waals surface area contributed by atoms with Gasteiger partial charge in [0.25, 0.3) is 11.5 Å². The number of unbranched alkanes of at least 4 members (excludes halogenated alkanes) is 1. The van der Waals surface area contributed by atoms with Crippen LogP contribution in [0.1, 0.15) is 61.8 Å². The zero-order valence-electron chi connectivity index (χ0n) is 19.3. The number of furan rings is 1. The summed E-state index contributed by atoms with van der Waals surface area (Å²) in [4.78, 5) is 42.7. The number of anilines is 2. The average molecular weight is 467 g/mol. The van der Waals surface area contributed by atoms with Gasteiger partial charge in [-0.1, -0.05) is 44.4 Å². The second-order valence-electron chi connectivity index (χ2n) is 8.48. The Morgan fingerprint density at radius 3 is 2.62 bits per heavy atom. The molecule has 2 heterocycles. The van der Waals surface area contributed by atoms with Crippen molar-refractivity contribution < 1.29 is 13.9 Å². The van der Waals surface area contributed by atoms with Crippen LogP contribution in [0.25, 0.3) is 0 Å². The van der Waals surface area contributed by atoms with Crippen molar-refractivity contribution in [2.45, 2.75) is 64.6 Å². The number of aromatic nitrogens is 2. The molecule has 3 aromatic rings. The van der Waals surface area contributed by atoms with Gasteiger partial charge >= 0.3 is 5.69 Å². The molecule has 9 heteroatoms. The van der Waals surface area contributed by atoms with Gasteiger partial charge in [0.2, 0.25) is 0 Å². The van der Waals surface area contributed by atoms with Gasteiger partial charge in [0.05, 0.1) is 0 Å². The Hall–Kier alpha value is -3.75. The van der Waals surface area contributed by atoms with E-state index < -0.39 is 17.2 Å². The number of para-hydroxylation sites is 1. The van der Waals surface area contributed by atoms with Gasteiger partial charge < -0.3 is 14.9 Å². The van der Waals surface area contributed by atoms with Crippen LogP contribution in [0, 0.1) is 0 Å². The quantitative estimate of drug-likeness (QED) is 0.496. The first-order valence-corrected chi connectivity index (χ1v) is 11.7. The lowest BCUT2D eigenvalue weighted by Crippen LogP contribution is -2.45. The van der Waals surface area contributed by atoms with E-state index in [4.69, 9.17) is 14.9 Å². The fraction of sp³-hybridized carbons (Fsp3) is 0.400. The average Bonchev–Trinajstić information content (AvgIpc) is 3.53. The molecule has 0 radical (unpaired) electrons. The van der Waals surface area contributed by atoms with Crippen LogP contribution in [0.3, 0.4) is 0 Å². The number of H-pyrrole nitrogens is 1. The highest BCUT2D eigenvalue weighted by atomic mass is 16.5. The highest BCUT2D eigenvalue weighted by molar-refractivity contribution is 6.06. The molecule has 2 aromatic heterocycles. The van der Waals surface area contributed by atoms with Crippen LogP contribution < -0.4 is 26.6 Å². The molecule has 1 amide bonds. The van der Waals surface area contributed by atoms with E-state index in [0.29, 0.717) is 18.1 Å². The number of nitrogens with two attached hydrogens (primary N) is 1. The molecule has 9 nitrogen and oxygen atoms in total. The molecule has 1 aliphatic carbocycles. The highest BCUT2D eigenvalue weighted by Crippen LogP contribution is 2.31. The Labute approximate surface area is 197 Å². The van der Waals surface area contributed by atoms with Gasteiger partial charge in [-0.2, -0.15) is 0 Å². The molecule has 3 N–H and O–H groups in total. The van der Waals surface area contributed by atoms with Gasteiger partial charge in [-0.3, -0.25) is 24.0 Å². The number of carbonyl (C=O) groups excluding carboxylic acids is 1. The molecule has 0 saturated heterocycles. The van der Waals surface area contributed by atoms with Crippen molar-refractivity contribution >= 4 is 17.4 Å². The molecule has 180 valence electrons. The number of benzene rings is 1. The van der Waals surface area contributed by atoms with Crippen molar-refractivity contribution in [3.63, 3.8) is 0 Å². The van der Waals surface area contributed by atoms with Crippen molar-refractivity contribution in [3.8, 4) is 5.75 Å². The first kappa shape index (κ1) is 23.4. The van der Waals surface area contributed by atoms with Gasteiger partial charge in [0, 0.05) is 12.6 Å². The predicted molar refractivity (Wildman–Crippen MR) is 129 cm³/mol. The summed E-state index contributed by atoms with van der Waals surface area (Å²) in [6.07, 6.45) is 4.93. The van der Waals surface area contributed by atoms with Gasteiger partial charge in [-0.15, -0.1) is 0 Å². The third-order valence-electron chi connectivity index (χ3n) is 6.10. The fourth-order valence-electron chi connectivity index (χ4n) is 4.32. The maximum Gasteiger partial charge on any atom is 0.330 e. The summed E-state index contributed by atoms with van der Waals surface area (Å²) in [5.41, 5.74) is 5.09. The van der Waals surface area contributed by atoms with Crippen molar-refractivity contribution in [1.82, 2.24) is 9.55 Å². The molecule has 0 atom stereocenters. The maximum atomic E-state index is 13.6. The third kappa shape index (κ3) is 4.93. The lowest BCUT2D eigenvalue weighted by molar-refractivity contribution is 0.0945. The zero-order valence-corrected chi connectivity index (χ0v) is 19.3. The van der Waals surface area contributed by atoms with Crippen molar-refractivity contribution in [2.24, 2.45) is 0 Å². The van der Waals surface area contributed by atoms with E-state index in [1.54, 1.807) is 12.1 Å². The van der Waals surface area contributed by atoms with E-state index in [1.165, 1.54) is 9.47 Å². The van der Waals surface area contributed by atoms with Crippen LogP contribution in [0.15, 0.2) is 56.5 Å². The van der Waals surface area contributed by atoms with E-state index in [2.05, 4.69) is 4.98 Å². The lowest BCUT2D eigenvalue weighted by Gasteiger charge is -2.29. The first-order chi connectivity index (χ1) is 16.5. The number of amides is 1. The van der Waals surface area contributed by atoms with Crippen LogP contribution in [0.2, 0.25) is 0 Å². The minimum Gasteiger partial charge on any atom is -0.486 e. The van der Waals surface area contributed by atoms with Gasteiger partial charge in [-0.05, 0) is 43.5 Å². The highest BCUT2D eigenvalue weighted by Gasteiger charge is 2.34. The largest absolute Gasteiger partial charge is 0.486 e. The molecule has 0 unspecified atom stereocenters. The Morgan fingerprint density at radius 2 is 1.91 bits per heavy atom. The van der Waals surface area contributed by atoms with E-state index in [-0.39, 0.29) is 29.9 Å². The van der Waals surface area contributed by atoms with Crippen molar-refractivity contribution in [1.29, 1.82) is 0 Å². The molecule has 1 saturated carbocycles. The lowest BCUT2D eigenvalue weighted by atomic mass is 10.1. The minimum atomic E-state index is -0.672. The molecule has 0 spiro atoms. The third-order valence-corrected chi connectivity index (χ3v) is 6.10. The summed E-state index contributed by atoms with van der Waals surface area (Å²) in [5, 5.41) is 0. The molecule has 34 heavy (non-hydrogen) atoms. The number of nitrogens with one attached hydrogen (secondary N) is 1. The Morgan fingerprint density at radius 1 is 1.18 bits per heavy atom. The van der Waals surface area contributed by atoms with E-state index >= 15 is 0 Å². The molecule has 1 fully saturated rings. The van der Waals surface area contributed by atoms with Gasteiger partial charge in [-0.25, -0.2) is 4.79 Å². The fourth-order valence-corrected chi connectivity index (χ4v) is 4.32. The molecule has 4 rings (SSSR count). The van der Waals surface area contributed by atoms with Crippen molar-refractivity contribution in [2.75, 3.05) is 10.6 Å². The minimum absolute atomic E-state index is 0.00152. The molecule has 1 aromatic carbocycles. The van der Waals surface area contributed by atoms with Crippen LogP contribution >= 0.6 is 0 Å². The first-order valence-electron chi connectivity index (χ1n) is 11.7. The molecule has 0 bridgehead atoms. The molecule has 0 aliphatic heterocycles. The SMILES string of the molecule is CCCCn1c(N)c(N(C(=O)c2ccc(COc3ccccc3)o2)C2CCCC2)c(=O)[nH]c1=O. The summed E-state index contributed by atoms with van der Waals surface area (Å²) >= 11 is 0. The van der Waals surface area contributed by atoms with Gasteiger partial charge in [0.1, 0.15) is 23.9 Å². The number of hydrogen-bond donors (Lipinski definition) is 2. The number of nitrogens with zero attached hydrogens (tertiary/aromatic N) is 2. The molecular weight excluding hydrogens is 436 g/mol. The van der Waals surface area contributed by atoms with Crippen molar-refractivity contribution in [3.05, 3.63) is 74.8 Å². The number of ether oxygens (including phenoxy) is 1. The summed E-state index contributed by atoms with van der Waals surface area (Å²) in [6.45, 7) is 2.52.